The molecule has 0 radical (unpaired) electrons. The van der Waals surface area contributed by atoms with Crippen LogP contribution in [0.15, 0.2) is 0 Å². The van der Waals surface area contributed by atoms with E-state index in [9.17, 15) is 13.2 Å². The molecule has 1 N–H and O–H groups in total. The van der Waals surface area contributed by atoms with E-state index in [4.69, 9.17) is 16.3 Å². The molecular weight excluding hydrogens is 270 g/mol. The molecule has 0 aromatic carbocycles. The van der Waals surface area contributed by atoms with Gasteiger partial charge in [-0.2, -0.15) is 0 Å². The third-order valence-corrected chi connectivity index (χ3v) is 4.78. The molecule has 0 aliphatic carbocycles. The average Bonchev–Trinajstić information content (AvgIpc) is 2.36. The quantitative estimate of drug-likeness (QED) is 0.562. The van der Waals surface area contributed by atoms with Gasteiger partial charge < -0.3 is 9.47 Å². The lowest BCUT2D eigenvalue weighted by atomic mass is 10.2. The fraction of sp³-hybridized carbons (Fsp3) is 0.889. The van der Waals surface area contributed by atoms with E-state index < -0.39 is 26.6 Å². The van der Waals surface area contributed by atoms with E-state index in [0.29, 0.717) is 26.1 Å². The lowest BCUT2D eigenvalue weighted by Crippen LogP contribution is -2.41. The van der Waals surface area contributed by atoms with Gasteiger partial charge in [0.2, 0.25) is 10.0 Å². The van der Waals surface area contributed by atoms with Crippen molar-refractivity contribution in [2.75, 3.05) is 26.9 Å². The van der Waals surface area contributed by atoms with E-state index in [0.717, 1.165) is 0 Å². The normalized spacial score (nSPS) is 19.9. The van der Waals surface area contributed by atoms with Crippen LogP contribution < -0.4 is 4.72 Å². The van der Waals surface area contributed by atoms with Gasteiger partial charge in [-0.05, 0) is 12.8 Å². The van der Waals surface area contributed by atoms with Crippen molar-refractivity contribution < 1.29 is 22.7 Å². The van der Waals surface area contributed by atoms with Crippen LogP contribution in [0, 0.1) is 0 Å². The van der Waals surface area contributed by atoms with E-state index in [1.807, 2.05) is 0 Å². The molecule has 100 valence electrons. The maximum atomic E-state index is 11.8. The monoisotopic (exact) mass is 285 g/mol. The fourth-order valence-corrected chi connectivity index (χ4v) is 3.21. The van der Waals surface area contributed by atoms with Gasteiger partial charge in [-0.3, -0.25) is 4.79 Å². The first-order valence-electron chi connectivity index (χ1n) is 5.25. The zero-order valence-electron chi connectivity index (χ0n) is 9.52. The van der Waals surface area contributed by atoms with Gasteiger partial charge >= 0.3 is 5.97 Å². The molecule has 0 aromatic rings. The summed E-state index contributed by atoms with van der Waals surface area (Å²) in [5.74, 6) is -0.652. The highest BCUT2D eigenvalue weighted by atomic mass is 35.5. The second kappa shape index (κ2) is 6.53. The van der Waals surface area contributed by atoms with E-state index in [1.54, 1.807) is 0 Å². The third-order valence-electron chi connectivity index (χ3n) is 2.53. The van der Waals surface area contributed by atoms with Crippen molar-refractivity contribution in [3.05, 3.63) is 0 Å². The Bertz CT molecular complexity index is 352. The number of sulfonamides is 1. The van der Waals surface area contributed by atoms with Crippen LogP contribution in [0.25, 0.3) is 0 Å². The molecule has 17 heavy (non-hydrogen) atoms. The van der Waals surface area contributed by atoms with E-state index >= 15 is 0 Å². The predicted molar refractivity (Wildman–Crippen MR) is 62.4 cm³/mol. The number of alkyl halides is 1. The highest BCUT2D eigenvalue weighted by Crippen LogP contribution is 2.14. The number of halogens is 1. The van der Waals surface area contributed by atoms with Crippen LogP contribution in [-0.2, 0) is 24.3 Å². The molecule has 0 bridgehead atoms. The molecule has 0 saturated carbocycles. The Hall–Kier alpha value is -0.370. The first-order valence-corrected chi connectivity index (χ1v) is 7.23. The zero-order valence-corrected chi connectivity index (χ0v) is 11.1. The zero-order chi connectivity index (χ0) is 12.9. The Balaban J connectivity index is 2.46. The lowest BCUT2D eigenvalue weighted by molar-refractivity contribution is -0.140. The lowest BCUT2D eigenvalue weighted by Gasteiger charge is -2.22. The van der Waals surface area contributed by atoms with Crippen LogP contribution in [0.5, 0.6) is 0 Å². The molecule has 1 rings (SSSR count). The van der Waals surface area contributed by atoms with E-state index in [1.165, 1.54) is 7.11 Å². The first kappa shape index (κ1) is 14.7. The van der Waals surface area contributed by atoms with Gasteiger partial charge in [0.1, 0.15) is 5.38 Å². The number of hydrogen-bond acceptors (Lipinski definition) is 5. The summed E-state index contributed by atoms with van der Waals surface area (Å²) in [6.45, 7) is 0.716. The molecule has 1 aliphatic rings. The van der Waals surface area contributed by atoms with E-state index in [-0.39, 0.29) is 6.54 Å². The predicted octanol–water partition coefficient (Wildman–Crippen LogP) is -0.135. The van der Waals surface area contributed by atoms with Crippen molar-refractivity contribution in [2.45, 2.75) is 23.5 Å². The highest BCUT2D eigenvalue weighted by Gasteiger charge is 2.28. The number of carbonyl (C=O) groups is 1. The minimum atomic E-state index is -3.44. The van der Waals surface area contributed by atoms with Crippen molar-refractivity contribution >= 4 is 27.6 Å². The summed E-state index contributed by atoms with van der Waals surface area (Å²) in [6, 6.07) is 0. The van der Waals surface area contributed by atoms with Crippen LogP contribution in [-0.4, -0.2) is 51.9 Å². The SMILES string of the molecule is COC(=O)C(Cl)CNS(=O)(=O)C1CCOCC1. The fourth-order valence-electron chi connectivity index (χ4n) is 1.50. The van der Waals surface area contributed by atoms with Crippen LogP contribution >= 0.6 is 11.6 Å². The smallest absolute Gasteiger partial charge is 0.325 e. The highest BCUT2D eigenvalue weighted by molar-refractivity contribution is 7.90. The molecule has 1 atom stereocenters. The summed E-state index contributed by atoms with van der Waals surface area (Å²) in [5, 5.41) is -1.48. The Labute approximate surface area is 106 Å². The molecule has 6 nitrogen and oxygen atoms in total. The summed E-state index contributed by atoms with van der Waals surface area (Å²) in [4.78, 5) is 11.0. The van der Waals surface area contributed by atoms with Gasteiger partial charge in [-0.1, -0.05) is 0 Å². The molecule has 0 amide bonds. The topological polar surface area (TPSA) is 81.7 Å². The second-order valence-electron chi connectivity index (χ2n) is 3.70. The average molecular weight is 286 g/mol. The van der Waals surface area contributed by atoms with Crippen LogP contribution in [0.4, 0.5) is 0 Å². The molecule has 1 fully saturated rings. The summed E-state index contributed by atoms with van der Waals surface area (Å²) in [7, 11) is -2.24. The number of ether oxygens (including phenoxy) is 2. The molecule has 0 aromatic heterocycles. The number of methoxy groups -OCH3 is 1. The largest absolute Gasteiger partial charge is 0.468 e. The minimum Gasteiger partial charge on any atom is -0.468 e. The van der Waals surface area contributed by atoms with Gasteiger partial charge in [0.15, 0.2) is 0 Å². The van der Waals surface area contributed by atoms with E-state index in [2.05, 4.69) is 9.46 Å². The molecule has 1 unspecified atom stereocenters. The Kier molecular flexibility index (Phi) is 5.64. The van der Waals surface area contributed by atoms with Gasteiger partial charge in [-0.25, -0.2) is 13.1 Å². The summed E-state index contributed by atoms with van der Waals surface area (Å²) in [5.41, 5.74) is 0. The van der Waals surface area contributed by atoms with Crippen molar-refractivity contribution in [1.29, 1.82) is 0 Å². The molecular formula is C9H16ClNO5S. The third kappa shape index (κ3) is 4.42. The minimum absolute atomic E-state index is 0.159. The van der Waals surface area contributed by atoms with Gasteiger partial charge in [0.05, 0.1) is 12.4 Å². The molecule has 0 spiro atoms. The maximum Gasteiger partial charge on any atom is 0.325 e. The Morgan fingerprint density at radius 1 is 1.53 bits per heavy atom. The number of nitrogens with one attached hydrogen (secondary N) is 1. The van der Waals surface area contributed by atoms with Crippen LogP contribution in [0.3, 0.4) is 0 Å². The standard InChI is InChI=1S/C9H16ClNO5S/c1-15-9(12)8(10)6-11-17(13,14)7-2-4-16-5-3-7/h7-8,11H,2-6H2,1H3. The summed E-state index contributed by atoms with van der Waals surface area (Å²) in [6.07, 6.45) is 0.918. The van der Waals surface area contributed by atoms with Crippen LogP contribution in [0.1, 0.15) is 12.8 Å². The Morgan fingerprint density at radius 3 is 2.65 bits per heavy atom. The molecule has 8 heteroatoms. The Morgan fingerprint density at radius 2 is 2.12 bits per heavy atom. The van der Waals surface area contributed by atoms with Gasteiger partial charge in [0.25, 0.3) is 0 Å². The first-order chi connectivity index (χ1) is 7.97. The number of esters is 1. The number of rotatable bonds is 5. The summed E-state index contributed by atoms with van der Waals surface area (Å²) < 4.78 is 35.5. The van der Waals surface area contributed by atoms with Crippen molar-refractivity contribution in [1.82, 2.24) is 4.72 Å². The molecule has 1 heterocycles. The summed E-state index contributed by atoms with van der Waals surface area (Å²) >= 11 is 5.65. The second-order valence-corrected chi connectivity index (χ2v) is 6.27. The van der Waals surface area contributed by atoms with Crippen molar-refractivity contribution in [2.24, 2.45) is 0 Å². The maximum absolute atomic E-state index is 11.8. The van der Waals surface area contributed by atoms with Gasteiger partial charge in [-0.15, -0.1) is 11.6 Å². The molecule has 1 aliphatic heterocycles. The van der Waals surface area contributed by atoms with Crippen molar-refractivity contribution in [3.8, 4) is 0 Å². The van der Waals surface area contributed by atoms with Crippen molar-refractivity contribution in [3.63, 3.8) is 0 Å². The number of hydrogen-bond donors (Lipinski definition) is 1. The molecule has 1 saturated heterocycles. The van der Waals surface area contributed by atoms with Crippen LogP contribution in [0.2, 0.25) is 0 Å². The van der Waals surface area contributed by atoms with Gasteiger partial charge in [0, 0.05) is 19.8 Å². The number of carbonyl (C=O) groups excluding carboxylic acids is 1.